The van der Waals surface area contributed by atoms with E-state index >= 15 is 0 Å². The highest BCUT2D eigenvalue weighted by Crippen LogP contribution is 2.37. The molecule has 2 aromatic rings. The summed E-state index contributed by atoms with van der Waals surface area (Å²) in [7, 11) is 1.68. The largest absolute Gasteiger partial charge is 0.508 e. The summed E-state index contributed by atoms with van der Waals surface area (Å²) in [6.45, 7) is 6.31. The van der Waals surface area contributed by atoms with Crippen molar-refractivity contribution in [2.75, 3.05) is 26.4 Å². The Balaban J connectivity index is 0.000000486. The maximum Gasteiger partial charge on any atom is 0.374 e. The number of carbonyl (C=O) groups is 2. The number of thioether (sulfide) groups is 1. The van der Waals surface area contributed by atoms with Gasteiger partial charge < -0.3 is 20.0 Å². The molecule has 12 heteroatoms. The Labute approximate surface area is 229 Å². The van der Waals surface area contributed by atoms with Crippen LogP contribution >= 0.6 is 11.8 Å². The van der Waals surface area contributed by atoms with E-state index in [1.807, 2.05) is 18.7 Å². The van der Waals surface area contributed by atoms with E-state index in [1.165, 1.54) is 0 Å². The van der Waals surface area contributed by atoms with Crippen molar-refractivity contribution < 1.29 is 42.4 Å². The number of carboxylic acids is 1. The summed E-state index contributed by atoms with van der Waals surface area (Å²) < 4.78 is 50.3. The van der Waals surface area contributed by atoms with Gasteiger partial charge in [-0.2, -0.15) is 8.78 Å². The van der Waals surface area contributed by atoms with Crippen LogP contribution in [-0.2, 0) is 4.79 Å². The van der Waals surface area contributed by atoms with Gasteiger partial charge >= 0.3 is 17.9 Å². The summed E-state index contributed by atoms with van der Waals surface area (Å²) in [5.41, 5.74) is 3.24. The summed E-state index contributed by atoms with van der Waals surface area (Å²) in [6.07, 6.45) is 5.36. The molecule has 39 heavy (non-hydrogen) atoms. The molecular formula is C27H32F4N3O4S+. The second-order valence-electron chi connectivity index (χ2n) is 8.20. The van der Waals surface area contributed by atoms with Crippen LogP contribution in [0.25, 0.3) is 5.57 Å². The average Bonchev–Trinajstić information content (AvgIpc) is 3.33. The number of hydrogen-bond donors (Lipinski definition) is 3. The molecule has 2 aromatic carbocycles. The van der Waals surface area contributed by atoms with Gasteiger partial charge in [-0.1, -0.05) is 30.0 Å². The van der Waals surface area contributed by atoms with Crippen LogP contribution in [-0.4, -0.2) is 69.9 Å². The van der Waals surface area contributed by atoms with Crippen molar-refractivity contribution in [3.05, 3.63) is 84.1 Å². The lowest BCUT2D eigenvalue weighted by Crippen LogP contribution is -2.59. The highest BCUT2D eigenvalue weighted by Gasteiger charge is 2.33. The Morgan fingerprint density at radius 3 is 2.38 bits per heavy atom. The van der Waals surface area contributed by atoms with Gasteiger partial charge in [0.25, 0.3) is 0 Å². The second kappa shape index (κ2) is 15.6. The van der Waals surface area contributed by atoms with E-state index in [-0.39, 0.29) is 23.9 Å². The van der Waals surface area contributed by atoms with Gasteiger partial charge in [-0.15, -0.1) is 0 Å². The van der Waals surface area contributed by atoms with E-state index in [9.17, 15) is 32.3 Å². The zero-order valence-electron chi connectivity index (χ0n) is 22.0. The van der Waals surface area contributed by atoms with Crippen molar-refractivity contribution in [2.45, 2.75) is 25.8 Å². The van der Waals surface area contributed by atoms with Crippen molar-refractivity contribution in [1.29, 1.82) is 0 Å². The fourth-order valence-electron chi connectivity index (χ4n) is 3.18. The third kappa shape index (κ3) is 10.5. The van der Waals surface area contributed by atoms with E-state index < -0.39 is 29.6 Å². The number of nitrogens with zero attached hydrogens (tertiary/aromatic N) is 2. The highest BCUT2D eigenvalue weighted by molar-refractivity contribution is 8.11. The van der Waals surface area contributed by atoms with E-state index in [1.54, 1.807) is 65.2 Å². The standard InChI is InChI=1S/C20H20F2N2O2.C4H7NS.C3H4F2O2/c1-3-23(2)20(26)24-12-14(17-11-15(21)7-8-18(17)22)10-19(24)13-5-4-6-16(25)9-13;1-3-5-4-6-2;1-3(4,5)2(6)7/h4-11,19,25H,3,12H2,1-2H3;3-4H,1H2,2H3;1H3,(H,6,7)/p+1. The van der Waals surface area contributed by atoms with E-state index in [0.29, 0.717) is 24.6 Å². The molecule has 0 fully saturated rings. The quantitative estimate of drug-likeness (QED) is 0.270. The Morgan fingerprint density at radius 1 is 1.26 bits per heavy atom. The molecule has 3 rings (SSSR count). The maximum atomic E-state index is 14.2. The molecule has 0 spiro atoms. The number of phenolic OH excluding ortho intramolecular Hbond substituents is 1. The summed E-state index contributed by atoms with van der Waals surface area (Å²) in [5, 5.41) is 17.3. The number of nitrogens with one attached hydrogen (secondary N) is 1. The lowest BCUT2D eigenvalue weighted by atomic mass is 10.0. The molecule has 3 N–H and O–H groups in total. The number of carbonyl (C=O) groups excluding carboxylic acids is 1. The number of aromatic hydroxyl groups is 1. The number of benzene rings is 2. The van der Waals surface area contributed by atoms with Crippen molar-refractivity contribution in [3.8, 4) is 5.75 Å². The number of amides is 2. The van der Waals surface area contributed by atoms with Gasteiger partial charge in [-0.25, -0.2) is 23.4 Å². The van der Waals surface area contributed by atoms with E-state index in [4.69, 9.17) is 5.11 Å². The van der Waals surface area contributed by atoms with Crippen LogP contribution in [0, 0.1) is 11.6 Å². The summed E-state index contributed by atoms with van der Waals surface area (Å²) >= 11 is 1.62. The molecule has 0 aromatic heterocycles. The second-order valence-corrected chi connectivity index (χ2v) is 8.91. The zero-order chi connectivity index (χ0) is 29.8. The minimum Gasteiger partial charge on any atom is -0.508 e. The molecule has 0 saturated heterocycles. The fraction of sp³-hybridized carbons (Fsp3) is 0.296. The average molecular weight is 571 g/mol. The number of carboxylic acid groups (broad SMARTS) is 1. The number of urea groups is 1. The molecule has 0 bridgehead atoms. The number of aliphatic carboxylic acids is 1. The molecule has 7 nitrogen and oxygen atoms in total. The molecule has 1 atom stereocenters. The predicted octanol–water partition coefficient (Wildman–Crippen LogP) is 4.51. The zero-order valence-corrected chi connectivity index (χ0v) is 22.8. The molecule has 0 aliphatic carbocycles. The van der Waals surface area contributed by atoms with Gasteiger partial charge in [-0.3, -0.25) is 0 Å². The van der Waals surface area contributed by atoms with Crippen LogP contribution in [0.5, 0.6) is 5.75 Å². The Bertz CT molecular complexity index is 1200. The van der Waals surface area contributed by atoms with Crippen LogP contribution in [0.15, 0.2) is 61.3 Å². The van der Waals surface area contributed by atoms with Gasteiger partial charge in [0.15, 0.2) is 6.20 Å². The van der Waals surface area contributed by atoms with Crippen LogP contribution in [0.3, 0.4) is 0 Å². The smallest absolute Gasteiger partial charge is 0.374 e. The van der Waals surface area contributed by atoms with Crippen LogP contribution in [0.2, 0.25) is 0 Å². The number of rotatable bonds is 6. The highest BCUT2D eigenvalue weighted by atomic mass is 32.2. The lowest BCUT2D eigenvalue weighted by molar-refractivity contribution is -0.362. The number of hydrogen-bond acceptors (Lipinski definition) is 4. The Hall–Kier alpha value is -3.80. The maximum absolute atomic E-state index is 14.2. The molecule has 1 aliphatic rings. The predicted molar refractivity (Wildman–Crippen MR) is 145 cm³/mol. The molecule has 0 saturated carbocycles. The minimum absolute atomic E-state index is 0.0810. The molecule has 1 aliphatic heterocycles. The van der Waals surface area contributed by atoms with Gasteiger partial charge in [0.2, 0.25) is 5.55 Å². The Morgan fingerprint density at radius 2 is 1.90 bits per heavy atom. The molecular weight excluding hydrogens is 538 g/mol. The first-order valence-corrected chi connectivity index (χ1v) is 12.8. The molecule has 212 valence electrons. The SMILES string of the molecule is C=C[NH+]=CSC.CC(F)(F)C(=O)O.CCN(C)C(=O)N1CC(c2cc(F)ccc2F)=CC1c1cccc(O)c1. The molecule has 2 amide bonds. The van der Waals surface area contributed by atoms with Crippen molar-refractivity contribution >= 4 is 34.9 Å². The number of alkyl halides is 2. The van der Waals surface area contributed by atoms with Gasteiger partial charge in [0, 0.05) is 32.6 Å². The molecule has 1 unspecified atom stereocenters. The monoisotopic (exact) mass is 570 g/mol. The van der Waals surface area contributed by atoms with Crippen LogP contribution < -0.4 is 4.99 Å². The topological polar surface area (TPSA) is 95.0 Å². The van der Waals surface area contributed by atoms with E-state index in [2.05, 4.69) is 11.6 Å². The minimum atomic E-state index is -3.58. The molecule has 1 heterocycles. The first-order valence-electron chi connectivity index (χ1n) is 11.6. The third-order valence-corrected chi connectivity index (χ3v) is 5.62. The number of halogens is 4. The molecule has 0 radical (unpaired) electrons. The summed E-state index contributed by atoms with van der Waals surface area (Å²) in [4.78, 5) is 28.0. The lowest BCUT2D eigenvalue weighted by Gasteiger charge is -2.29. The van der Waals surface area contributed by atoms with Gasteiger partial charge in [-0.05, 0) is 61.2 Å². The summed E-state index contributed by atoms with van der Waals surface area (Å²) in [6, 6.07) is 9.18. The third-order valence-electron chi connectivity index (χ3n) is 5.25. The van der Waals surface area contributed by atoms with Crippen LogP contribution in [0.4, 0.5) is 22.4 Å². The first-order chi connectivity index (χ1) is 18.3. The van der Waals surface area contributed by atoms with Gasteiger partial charge in [0.1, 0.15) is 17.4 Å². The van der Waals surface area contributed by atoms with Crippen molar-refractivity contribution in [3.63, 3.8) is 0 Å². The van der Waals surface area contributed by atoms with Gasteiger partial charge in [0.05, 0.1) is 6.04 Å². The normalized spacial score (nSPS) is 14.5. The first kappa shape index (κ1) is 33.2. The van der Waals surface area contributed by atoms with Crippen LogP contribution in [0.1, 0.15) is 31.0 Å². The van der Waals surface area contributed by atoms with Crippen molar-refractivity contribution in [1.82, 2.24) is 9.80 Å². The Kier molecular flexibility index (Phi) is 13.3. The fourth-order valence-corrected chi connectivity index (χ4v) is 3.41. The summed E-state index contributed by atoms with van der Waals surface area (Å²) in [5.74, 6) is -6.66. The van der Waals surface area contributed by atoms with E-state index in [0.717, 1.165) is 18.2 Å². The van der Waals surface area contributed by atoms with Crippen molar-refractivity contribution in [2.24, 2.45) is 0 Å². The number of phenols is 1.